The van der Waals surface area contributed by atoms with Crippen molar-refractivity contribution >= 4 is 5.91 Å². The van der Waals surface area contributed by atoms with Crippen molar-refractivity contribution in [3.8, 4) is 0 Å². The maximum absolute atomic E-state index is 11.7. The number of hydrogen-bond acceptors (Lipinski definition) is 4. The smallest absolute Gasteiger partial charge is 0.222 e. The molecule has 0 saturated carbocycles. The predicted octanol–water partition coefficient (Wildman–Crippen LogP) is 3.46. The van der Waals surface area contributed by atoms with Gasteiger partial charge in [0.25, 0.3) is 0 Å². The first-order chi connectivity index (χ1) is 11.2. The molecule has 5 nitrogen and oxygen atoms in total. The van der Waals surface area contributed by atoms with Gasteiger partial charge in [-0.3, -0.25) is 4.79 Å². The number of nitrogens with one attached hydrogen (secondary N) is 1. The molecule has 148 valence electrons. The lowest BCUT2D eigenvalue weighted by atomic mass is 10.2. The van der Waals surface area contributed by atoms with Crippen LogP contribution >= 0.6 is 0 Å². The van der Waals surface area contributed by atoms with Crippen molar-refractivity contribution in [2.75, 3.05) is 33.0 Å². The molecule has 0 aliphatic carbocycles. The van der Waals surface area contributed by atoms with Crippen molar-refractivity contribution in [1.29, 1.82) is 0 Å². The molecule has 0 aromatic carbocycles. The van der Waals surface area contributed by atoms with E-state index in [9.17, 15) is 4.79 Å². The molecule has 5 heteroatoms. The van der Waals surface area contributed by atoms with Crippen molar-refractivity contribution in [3.63, 3.8) is 0 Å². The molecule has 3 N–H and O–H groups in total. The highest BCUT2D eigenvalue weighted by Gasteiger charge is 2.15. The summed E-state index contributed by atoms with van der Waals surface area (Å²) < 4.78 is 11.2. The summed E-state index contributed by atoms with van der Waals surface area (Å²) >= 11 is 0. The van der Waals surface area contributed by atoms with Gasteiger partial charge in [-0.2, -0.15) is 0 Å². The van der Waals surface area contributed by atoms with Crippen molar-refractivity contribution in [1.82, 2.24) is 5.32 Å². The van der Waals surface area contributed by atoms with Gasteiger partial charge < -0.3 is 20.5 Å². The van der Waals surface area contributed by atoms with E-state index in [4.69, 9.17) is 15.2 Å². The first-order valence-corrected chi connectivity index (χ1v) is 9.40. The fraction of sp³-hybridized carbons (Fsp3) is 0.947. The molecule has 0 rings (SSSR count). The van der Waals surface area contributed by atoms with E-state index in [0.29, 0.717) is 38.3 Å². The van der Waals surface area contributed by atoms with Crippen LogP contribution in [0.25, 0.3) is 0 Å². The topological polar surface area (TPSA) is 73.6 Å². The summed E-state index contributed by atoms with van der Waals surface area (Å²) in [6.45, 7) is 21.3. The Morgan fingerprint density at radius 2 is 1.21 bits per heavy atom. The minimum absolute atomic E-state index is 0.0160. The van der Waals surface area contributed by atoms with Crippen LogP contribution in [-0.4, -0.2) is 44.9 Å². The number of amides is 1. The van der Waals surface area contributed by atoms with E-state index in [0.717, 1.165) is 6.54 Å². The van der Waals surface area contributed by atoms with E-state index in [1.54, 1.807) is 0 Å². The highest BCUT2D eigenvalue weighted by Crippen LogP contribution is 2.00. The molecule has 0 bridgehead atoms. The van der Waals surface area contributed by atoms with Crippen LogP contribution in [-0.2, 0) is 14.3 Å². The highest BCUT2D eigenvalue weighted by atomic mass is 16.5. The molecule has 1 amide bonds. The Hall–Kier alpha value is -0.650. The van der Waals surface area contributed by atoms with Crippen molar-refractivity contribution in [2.24, 2.45) is 23.5 Å². The second-order valence-corrected chi connectivity index (χ2v) is 6.63. The Bertz CT molecular complexity index is 243. The van der Waals surface area contributed by atoms with E-state index in [1.165, 1.54) is 0 Å². The van der Waals surface area contributed by atoms with Gasteiger partial charge in [-0.05, 0) is 18.4 Å². The monoisotopic (exact) mass is 348 g/mol. The SMILES string of the molecule is CC.CC(C)COCC(COCC(C)C)NC(=O)C(C)C.CCN. The Labute approximate surface area is 151 Å². The molecular weight excluding hydrogens is 304 g/mol. The fourth-order valence-corrected chi connectivity index (χ4v) is 1.39. The Morgan fingerprint density at radius 1 is 0.875 bits per heavy atom. The van der Waals surface area contributed by atoms with Crippen LogP contribution < -0.4 is 11.1 Å². The van der Waals surface area contributed by atoms with E-state index >= 15 is 0 Å². The fourth-order valence-electron chi connectivity index (χ4n) is 1.39. The second-order valence-electron chi connectivity index (χ2n) is 6.63. The molecule has 0 aromatic heterocycles. The quantitative estimate of drug-likeness (QED) is 0.634. The van der Waals surface area contributed by atoms with Gasteiger partial charge in [0, 0.05) is 19.1 Å². The number of rotatable bonds is 10. The molecular formula is C19H44N2O3. The average Bonchev–Trinajstić information content (AvgIpc) is 2.48. The van der Waals surface area contributed by atoms with Crippen LogP contribution in [0, 0.1) is 17.8 Å². The third kappa shape index (κ3) is 23.6. The molecule has 24 heavy (non-hydrogen) atoms. The van der Waals surface area contributed by atoms with Gasteiger partial charge in [0.05, 0.1) is 19.3 Å². The first kappa shape index (κ1) is 28.2. The third-order valence-electron chi connectivity index (χ3n) is 2.41. The molecule has 0 fully saturated rings. The maximum atomic E-state index is 11.7. The van der Waals surface area contributed by atoms with Crippen LogP contribution in [0.3, 0.4) is 0 Å². The van der Waals surface area contributed by atoms with Gasteiger partial charge in [-0.1, -0.05) is 62.3 Å². The van der Waals surface area contributed by atoms with E-state index < -0.39 is 0 Å². The largest absolute Gasteiger partial charge is 0.379 e. The van der Waals surface area contributed by atoms with Gasteiger partial charge in [0.2, 0.25) is 5.91 Å². The minimum atomic E-state index is -0.0626. The average molecular weight is 349 g/mol. The van der Waals surface area contributed by atoms with Gasteiger partial charge in [-0.25, -0.2) is 0 Å². The Kier molecular flexibility index (Phi) is 23.9. The summed E-state index contributed by atoms with van der Waals surface area (Å²) in [4.78, 5) is 11.7. The molecule has 0 atom stereocenters. The summed E-state index contributed by atoms with van der Waals surface area (Å²) in [5, 5.41) is 2.97. The Balaban J connectivity index is -0.000000786. The van der Waals surface area contributed by atoms with E-state index in [2.05, 4.69) is 33.0 Å². The molecule has 0 radical (unpaired) electrons. The molecule has 0 spiro atoms. The lowest BCUT2D eigenvalue weighted by Gasteiger charge is -2.21. The maximum Gasteiger partial charge on any atom is 0.222 e. The molecule has 0 saturated heterocycles. The molecule has 0 heterocycles. The van der Waals surface area contributed by atoms with E-state index in [-0.39, 0.29) is 17.9 Å². The van der Waals surface area contributed by atoms with Crippen LogP contribution in [0.1, 0.15) is 62.3 Å². The molecule has 0 unspecified atom stereocenters. The standard InChI is InChI=1S/C15H31NO3.C2H7N.C2H6/c1-11(2)7-18-9-14(10-19-8-12(3)4)16-15(17)13(5)6;1-2-3;1-2/h11-14H,7-10H2,1-6H3,(H,16,17);2-3H2,1H3;1-2H3. The van der Waals surface area contributed by atoms with Crippen molar-refractivity contribution < 1.29 is 14.3 Å². The zero-order valence-corrected chi connectivity index (χ0v) is 17.6. The van der Waals surface area contributed by atoms with Gasteiger partial charge in [-0.15, -0.1) is 0 Å². The molecule has 0 aliphatic heterocycles. The summed E-state index contributed by atoms with van der Waals surface area (Å²) in [7, 11) is 0. The summed E-state index contributed by atoms with van der Waals surface area (Å²) in [6.07, 6.45) is 0. The summed E-state index contributed by atoms with van der Waals surface area (Å²) in [5.74, 6) is 1.03. The van der Waals surface area contributed by atoms with Crippen LogP contribution in [0.5, 0.6) is 0 Å². The number of carbonyl (C=O) groups excluding carboxylic acids is 1. The highest BCUT2D eigenvalue weighted by molar-refractivity contribution is 5.78. The van der Waals surface area contributed by atoms with Gasteiger partial charge in [0.1, 0.15) is 0 Å². The van der Waals surface area contributed by atoms with Crippen LogP contribution in [0.4, 0.5) is 0 Å². The number of nitrogens with two attached hydrogens (primary N) is 1. The zero-order valence-electron chi connectivity index (χ0n) is 17.6. The van der Waals surface area contributed by atoms with Gasteiger partial charge >= 0.3 is 0 Å². The number of hydrogen-bond donors (Lipinski definition) is 2. The number of ether oxygens (including phenoxy) is 2. The normalized spacial score (nSPS) is 10.4. The zero-order chi connectivity index (χ0) is 19.5. The van der Waals surface area contributed by atoms with Crippen molar-refractivity contribution in [2.45, 2.75) is 68.4 Å². The van der Waals surface area contributed by atoms with Crippen LogP contribution in [0.15, 0.2) is 0 Å². The third-order valence-corrected chi connectivity index (χ3v) is 2.41. The lowest BCUT2D eigenvalue weighted by molar-refractivity contribution is -0.125. The van der Waals surface area contributed by atoms with Crippen molar-refractivity contribution in [3.05, 3.63) is 0 Å². The predicted molar refractivity (Wildman–Crippen MR) is 104 cm³/mol. The molecule has 0 aliphatic rings. The second kappa shape index (κ2) is 20.4. The lowest BCUT2D eigenvalue weighted by Crippen LogP contribution is -2.43. The van der Waals surface area contributed by atoms with E-state index in [1.807, 2.05) is 34.6 Å². The van der Waals surface area contributed by atoms with Gasteiger partial charge in [0.15, 0.2) is 0 Å². The number of carbonyl (C=O) groups is 1. The summed E-state index contributed by atoms with van der Waals surface area (Å²) in [6, 6.07) is -0.0626. The summed E-state index contributed by atoms with van der Waals surface area (Å²) in [5.41, 5.74) is 4.85. The van der Waals surface area contributed by atoms with Crippen LogP contribution in [0.2, 0.25) is 0 Å². The molecule has 0 aromatic rings. The minimum Gasteiger partial charge on any atom is -0.379 e. The Morgan fingerprint density at radius 3 is 1.46 bits per heavy atom. The first-order valence-electron chi connectivity index (χ1n) is 9.40.